The summed E-state index contributed by atoms with van der Waals surface area (Å²) < 4.78 is 2.97. The third-order valence-corrected chi connectivity index (χ3v) is 2.88. The minimum Gasteiger partial charge on any atom is -0.396 e. The molecule has 0 atom stereocenters. The Balaban J connectivity index is 2.11. The van der Waals surface area contributed by atoms with Gasteiger partial charge in [0, 0.05) is 22.8 Å². The first-order chi connectivity index (χ1) is 8.19. The Morgan fingerprint density at radius 3 is 3.06 bits per heavy atom. The number of nitrogens with zero attached hydrogens (tertiary/aromatic N) is 2. The molecule has 2 N–H and O–H groups in total. The van der Waals surface area contributed by atoms with Crippen LogP contribution in [0.4, 0.5) is 5.82 Å². The molecule has 90 valence electrons. The summed E-state index contributed by atoms with van der Waals surface area (Å²) in [4.78, 5) is 15.7. The summed E-state index contributed by atoms with van der Waals surface area (Å²) in [6.07, 6.45) is 4.49. The number of halogens is 1. The third kappa shape index (κ3) is 3.16. The molecule has 2 aromatic rings. The Morgan fingerprint density at radius 1 is 1.47 bits per heavy atom. The van der Waals surface area contributed by atoms with Gasteiger partial charge in [-0.3, -0.25) is 4.79 Å². The predicted molar refractivity (Wildman–Crippen MR) is 72.9 cm³/mol. The molecule has 0 saturated carbocycles. The molecule has 0 aliphatic heterocycles. The zero-order chi connectivity index (χ0) is 12.3. The zero-order valence-corrected chi connectivity index (χ0v) is 11.2. The van der Waals surface area contributed by atoms with Crippen molar-refractivity contribution in [2.75, 3.05) is 11.9 Å². The van der Waals surface area contributed by atoms with Gasteiger partial charge in [-0.05, 0) is 41.1 Å². The molecule has 1 amide bonds. The lowest BCUT2D eigenvalue weighted by molar-refractivity contribution is -0.116. The predicted octanol–water partition coefficient (Wildman–Crippen LogP) is 1.65. The smallest absolute Gasteiger partial charge is 0.225 e. The molecule has 0 unspecified atom stereocenters. The van der Waals surface area contributed by atoms with Gasteiger partial charge in [0.2, 0.25) is 5.91 Å². The van der Waals surface area contributed by atoms with Crippen molar-refractivity contribution in [3.05, 3.63) is 28.1 Å². The van der Waals surface area contributed by atoms with E-state index in [1.807, 2.05) is 22.7 Å². The van der Waals surface area contributed by atoms with Gasteiger partial charge in [-0.15, -0.1) is 0 Å². The normalized spacial score (nSPS) is 10.7. The number of pyridine rings is 1. The fourth-order valence-corrected chi connectivity index (χ4v) is 1.95. The largest absolute Gasteiger partial charge is 0.396 e. The van der Waals surface area contributed by atoms with E-state index in [1.165, 1.54) is 0 Å². The number of aromatic nitrogens is 2. The van der Waals surface area contributed by atoms with Crippen LogP contribution in [0, 0.1) is 3.57 Å². The van der Waals surface area contributed by atoms with Crippen LogP contribution in [0.1, 0.15) is 12.8 Å². The first-order valence-corrected chi connectivity index (χ1v) is 6.32. The van der Waals surface area contributed by atoms with Gasteiger partial charge in [0.15, 0.2) is 5.82 Å². The maximum Gasteiger partial charge on any atom is 0.225 e. The topological polar surface area (TPSA) is 66.6 Å². The van der Waals surface area contributed by atoms with Crippen molar-refractivity contribution in [1.29, 1.82) is 0 Å². The van der Waals surface area contributed by atoms with Gasteiger partial charge >= 0.3 is 0 Å². The molecular weight excluding hydrogens is 333 g/mol. The Morgan fingerprint density at radius 2 is 2.29 bits per heavy atom. The number of nitrogens with one attached hydrogen (secondary N) is 1. The average Bonchev–Trinajstić information content (AvgIpc) is 2.67. The lowest BCUT2D eigenvalue weighted by atomic mass is 10.3. The summed E-state index contributed by atoms with van der Waals surface area (Å²) in [5, 5.41) is 11.3. The van der Waals surface area contributed by atoms with E-state index >= 15 is 0 Å². The standard InChI is InChI=1S/C11H12IN3O2/c12-8-3-4-10-13-9(7-15(10)6-8)14-11(17)2-1-5-16/h3-4,6-7,16H,1-2,5H2,(H,14,17). The number of aliphatic hydroxyl groups excluding tert-OH is 1. The average molecular weight is 345 g/mol. The first kappa shape index (κ1) is 12.3. The van der Waals surface area contributed by atoms with Crippen molar-refractivity contribution in [1.82, 2.24) is 9.38 Å². The van der Waals surface area contributed by atoms with Crippen LogP contribution in [-0.4, -0.2) is 27.0 Å². The minimum atomic E-state index is -0.128. The second-order valence-electron chi connectivity index (χ2n) is 3.61. The molecular formula is C11H12IN3O2. The molecule has 0 fully saturated rings. The molecule has 2 rings (SSSR count). The van der Waals surface area contributed by atoms with E-state index in [1.54, 1.807) is 6.20 Å². The van der Waals surface area contributed by atoms with Crippen molar-refractivity contribution in [3.63, 3.8) is 0 Å². The van der Waals surface area contributed by atoms with Crippen LogP contribution in [0.15, 0.2) is 24.5 Å². The summed E-state index contributed by atoms with van der Waals surface area (Å²) in [7, 11) is 0. The monoisotopic (exact) mass is 345 g/mol. The van der Waals surface area contributed by atoms with Crippen molar-refractivity contribution in [2.45, 2.75) is 12.8 Å². The molecule has 0 aliphatic carbocycles. The van der Waals surface area contributed by atoms with Gasteiger partial charge in [0.05, 0.1) is 6.20 Å². The number of fused-ring (bicyclic) bond motifs is 1. The van der Waals surface area contributed by atoms with Crippen LogP contribution in [-0.2, 0) is 4.79 Å². The summed E-state index contributed by atoms with van der Waals surface area (Å²) >= 11 is 2.22. The lowest BCUT2D eigenvalue weighted by Gasteiger charge is -1.98. The minimum absolute atomic E-state index is 0.0246. The molecule has 0 aliphatic rings. The Hall–Kier alpha value is -1.15. The number of amides is 1. The molecule has 0 aromatic carbocycles. The highest BCUT2D eigenvalue weighted by Crippen LogP contribution is 2.12. The number of carbonyl (C=O) groups is 1. The Kier molecular flexibility index (Phi) is 3.95. The van der Waals surface area contributed by atoms with E-state index in [0.717, 1.165) is 9.22 Å². The molecule has 17 heavy (non-hydrogen) atoms. The molecule has 2 heterocycles. The van der Waals surface area contributed by atoms with Crippen molar-refractivity contribution in [3.8, 4) is 0 Å². The molecule has 0 spiro atoms. The van der Waals surface area contributed by atoms with Crippen LogP contribution >= 0.6 is 22.6 Å². The van der Waals surface area contributed by atoms with Crippen LogP contribution in [0.25, 0.3) is 5.65 Å². The second-order valence-corrected chi connectivity index (χ2v) is 4.86. The Labute approximate surface area is 112 Å². The number of rotatable bonds is 4. The van der Waals surface area contributed by atoms with Gasteiger partial charge in [-0.25, -0.2) is 4.98 Å². The van der Waals surface area contributed by atoms with Gasteiger partial charge in [0.25, 0.3) is 0 Å². The molecule has 2 aromatic heterocycles. The number of hydrogen-bond donors (Lipinski definition) is 2. The van der Waals surface area contributed by atoms with Crippen molar-refractivity contribution in [2.24, 2.45) is 0 Å². The lowest BCUT2D eigenvalue weighted by Crippen LogP contribution is -2.11. The summed E-state index contributed by atoms with van der Waals surface area (Å²) in [6, 6.07) is 3.85. The molecule has 6 heteroatoms. The highest BCUT2D eigenvalue weighted by Gasteiger charge is 2.05. The fraction of sp³-hybridized carbons (Fsp3) is 0.273. The van der Waals surface area contributed by atoms with Crippen LogP contribution in [0.5, 0.6) is 0 Å². The third-order valence-electron chi connectivity index (χ3n) is 2.24. The van der Waals surface area contributed by atoms with E-state index in [9.17, 15) is 4.79 Å². The van der Waals surface area contributed by atoms with Crippen LogP contribution in [0.2, 0.25) is 0 Å². The number of imidazole rings is 1. The zero-order valence-electron chi connectivity index (χ0n) is 9.06. The highest BCUT2D eigenvalue weighted by atomic mass is 127. The first-order valence-electron chi connectivity index (χ1n) is 5.24. The summed E-state index contributed by atoms with van der Waals surface area (Å²) in [5.41, 5.74) is 0.794. The van der Waals surface area contributed by atoms with E-state index in [2.05, 4.69) is 32.9 Å². The summed E-state index contributed by atoms with van der Waals surface area (Å²) in [6.45, 7) is 0.0246. The van der Waals surface area contributed by atoms with Gasteiger partial charge < -0.3 is 14.8 Å². The second kappa shape index (κ2) is 5.46. The van der Waals surface area contributed by atoms with Crippen LogP contribution in [0.3, 0.4) is 0 Å². The molecule has 0 saturated heterocycles. The quantitative estimate of drug-likeness (QED) is 0.829. The van der Waals surface area contributed by atoms with E-state index in [-0.39, 0.29) is 12.5 Å². The highest BCUT2D eigenvalue weighted by molar-refractivity contribution is 14.1. The number of anilines is 1. The SMILES string of the molecule is O=C(CCCO)Nc1cn2cc(I)ccc2n1. The van der Waals surface area contributed by atoms with Crippen molar-refractivity contribution < 1.29 is 9.90 Å². The summed E-state index contributed by atoms with van der Waals surface area (Å²) in [5.74, 6) is 0.409. The van der Waals surface area contributed by atoms with E-state index < -0.39 is 0 Å². The van der Waals surface area contributed by atoms with Gasteiger partial charge in [0.1, 0.15) is 5.65 Å². The molecule has 0 bridgehead atoms. The van der Waals surface area contributed by atoms with E-state index in [4.69, 9.17) is 5.11 Å². The van der Waals surface area contributed by atoms with Gasteiger partial charge in [-0.2, -0.15) is 0 Å². The number of aliphatic hydroxyl groups is 1. The van der Waals surface area contributed by atoms with Gasteiger partial charge in [-0.1, -0.05) is 0 Å². The number of carbonyl (C=O) groups excluding carboxylic acids is 1. The number of hydrogen-bond acceptors (Lipinski definition) is 3. The fourth-order valence-electron chi connectivity index (χ4n) is 1.47. The van der Waals surface area contributed by atoms with Crippen molar-refractivity contribution >= 4 is 40.0 Å². The maximum atomic E-state index is 11.4. The van der Waals surface area contributed by atoms with E-state index in [0.29, 0.717) is 18.7 Å². The van der Waals surface area contributed by atoms with Crippen LogP contribution < -0.4 is 5.32 Å². The molecule has 5 nitrogen and oxygen atoms in total. The molecule has 0 radical (unpaired) electrons. The Bertz CT molecular complexity index is 538. The maximum absolute atomic E-state index is 11.4.